The molecule has 0 aromatic heterocycles. The molecule has 1 atom stereocenters. The van der Waals surface area contributed by atoms with Gasteiger partial charge in [0.05, 0.1) is 7.11 Å². The SMILES string of the molecule is COc1ccc(C2=NC3(CCN(C(C)C)CC3)N[C@@H](c3ccccc3O)C2)cc1. The first-order valence-corrected chi connectivity index (χ1v) is 10.5. The molecule has 2 heterocycles. The van der Waals surface area contributed by atoms with Gasteiger partial charge in [-0.2, -0.15) is 0 Å². The number of piperidine rings is 1. The van der Waals surface area contributed by atoms with Crippen molar-refractivity contribution in [2.45, 2.75) is 50.9 Å². The van der Waals surface area contributed by atoms with Crippen LogP contribution in [0.4, 0.5) is 0 Å². The number of aromatic hydroxyl groups is 1. The normalized spacial score (nSPS) is 21.9. The Bertz CT molecular complexity index is 868. The third-order valence-electron chi connectivity index (χ3n) is 6.28. The number of aliphatic imine (C=N–C) groups is 1. The summed E-state index contributed by atoms with van der Waals surface area (Å²) in [6.45, 7) is 6.56. The second-order valence-electron chi connectivity index (χ2n) is 8.41. The van der Waals surface area contributed by atoms with Gasteiger partial charge in [0.15, 0.2) is 0 Å². The van der Waals surface area contributed by atoms with Crippen molar-refractivity contribution in [3.8, 4) is 11.5 Å². The minimum absolute atomic E-state index is 0.0383. The van der Waals surface area contributed by atoms with Gasteiger partial charge in [0.2, 0.25) is 0 Å². The quantitative estimate of drug-likeness (QED) is 0.820. The Labute approximate surface area is 173 Å². The number of benzene rings is 2. The highest BCUT2D eigenvalue weighted by atomic mass is 16.5. The zero-order valence-electron chi connectivity index (χ0n) is 17.6. The molecular weight excluding hydrogens is 362 g/mol. The second kappa shape index (κ2) is 8.17. The van der Waals surface area contributed by atoms with Crippen molar-refractivity contribution in [3.05, 3.63) is 59.7 Å². The number of likely N-dealkylation sites (tertiary alicyclic amines) is 1. The van der Waals surface area contributed by atoms with Gasteiger partial charge in [-0.05, 0) is 62.6 Å². The van der Waals surface area contributed by atoms with Crippen molar-refractivity contribution in [1.82, 2.24) is 10.2 Å². The Hall–Kier alpha value is -2.37. The molecule has 4 rings (SSSR count). The lowest BCUT2D eigenvalue weighted by Gasteiger charge is -2.46. The van der Waals surface area contributed by atoms with Crippen molar-refractivity contribution in [2.75, 3.05) is 20.2 Å². The lowest BCUT2D eigenvalue weighted by Crippen LogP contribution is -2.56. The van der Waals surface area contributed by atoms with Crippen LogP contribution in [0.2, 0.25) is 0 Å². The third kappa shape index (κ3) is 4.16. The highest BCUT2D eigenvalue weighted by Gasteiger charge is 2.40. The molecule has 1 fully saturated rings. The van der Waals surface area contributed by atoms with Gasteiger partial charge in [0.1, 0.15) is 17.2 Å². The molecule has 2 N–H and O–H groups in total. The van der Waals surface area contributed by atoms with Gasteiger partial charge in [-0.15, -0.1) is 0 Å². The molecular formula is C24H31N3O2. The molecule has 0 bridgehead atoms. The highest BCUT2D eigenvalue weighted by molar-refractivity contribution is 6.01. The molecule has 5 nitrogen and oxygen atoms in total. The predicted octanol–water partition coefficient (Wildman–Crippen LogP) is 4.13. The first kappa shape index (κ1) is 19.9. The average Bonchev–Trinajstić information content (AvgIpc) is 2.74. The molecule has 2 aliphatic rings. The molecule has 29 heavy (non-hydrogen) atoms. The molecule has 0 unspecified atom stereocenters. The van der Waals surface area contributed by atoms with Crippen molar-refractivity contribution < 1.29 is 9.84 Å². The molecule has 1 spiro atoms. The topological polar surface area (TPSA) is 57.1 Å². The summed E-state index contributed by atoms with van der Waals surface area (Å²) >= 11 is 0. The number of rotatable bonds is 4. The molecule has 0 aliphatic carbocycles. The Morgan fingerprint density at radius 1 is 1.10 bits per heavy atom. The van der Waals surface area contributed by atoms with E-state index in [0.717, 1.165) is 54.9 Å². The monoisotopic (exact) mass is 393 g/mol. The van der Waals surface area contributed by atoms with Gasteiger partial charge in [-0.3, -0.25) is 10.3 Å². The first-order chi connectivity index (χ1) is 14.0. The van der Waals surface area contributed by atoms with E-state index in [-0.39, 0.29) is 11.7 Å². The van der Waals surface area contributed by atoms with Crippen molar-refractivity contribution in [1.29, 1.82) is 0 Å². The van der Waals surface area contributed by atoms with Crippen LogP contribution in [0.1, 0.15) is 50.3 Å². The van der Waals surface area contributed by atoms with E-state index in [1.54, 1.807) is 13.2 Å². The number of phenolic OH excluding ortho intramolecular Hbond substituents is 1. The summed E-state index contributed by atoms with van der Waals surface area (Å²) in [5, 5.41) is 14.3. The van der Waals surface area contributed by atoms with Crippen molar-refractivity contribution in [2.24, 2.45) is 4.99 Å². The Kier molecular flexibility index (Phi) is 5.61. The van der Waals surface area contributed by atoms with E-state index in [1.807, 2.05) is 30.3 Å². The van der Waals surface area contributed by atoms with Crippen LogP contribution in [0.5, 0.6) is 11.5 Å². The van der Waals surface area contributed by atoms with Crippen LogP contribution in [-0.2, 0) is 0 Å². The van der Waals surface area contributed by atoms with Gasteiger partial charge in [-0.25, -0.2) is 0 Å². The van der Waals surface area contributed by atoms with Crippen LogP contribution >= 0.6 is 0 Å². The summed E-state index contributed by atoms with van der Waals surface area (Å²) in [5.41, 5.74) is 2.88. The zero-order valence-corrected chi connectivity index (χ0v) is 17.6. The minimum Gasteiger partial charge on any atom is -0.508 e. The van der Waals surface area contributed by atoms with E-state index in [9.17, 15) is 5.11 Å². The summed E-state index contributed by atoms with van der Waals surface area (Å²) in [6, 6.07) is 16.4. The fourth-order valence-electron chi connectivity index (χ4n) is 4.51. The lowest BCUT2D eigenvalue weighted by molar-refractivity contribution is 0.103. The smallest absolute Gasteiger partial charge is 0.120 e. The van der Waals surface area contributed by atoms with E-state index >= 15 is 0 Å². The lowest BCUT2D eigenvalue weighted by atomic mass is 9.87. The van der Waals surface area contributed by atoms with Crippen LogP contribution < -0.4 is 10.1 Å². The molecule has 0 saturated carbocycles. The van der Waals surface area contributed by atoms with Gasteiger partial charge in [-0.1, -0.05) is 18.2 Å². The Morgan fingerprint density at radius 2 is 1.79 bits per heavy atom. The van der Waals surface area contributed by atoms with E-state index in [4.69, 9.17) is 9.73 Å². The highest BCUT2D eigenvalue weighted by Crippen LogP contribution is 2.37. The fourth-order valence-corrected chi connectivity index (χ4v) is 4.51. The van der Waals surface area contributed by atoms with Crippen molar-refractivity contribution in [3.63, 3.8) is 0 Å². The molecule has 154 valence electrons. The van der Waals surface area contributed by atoms with Crippen LogP contribution in [-0.4, -0.2) is 47.6 Å². The number of para-hydroxylation sites is 1. The van der Waals surface area contributed by atoms with E-state index in [1.165, 1.54) is 0 Å². The number of ether oxygens (including phenoxy) is 1. The summed E-state index contributed by atoms with van der Waals surface area (Å²) in [7, 11) is 1.68. The number of hydrogen-bond acceptors (Lipinski definition) is 5. The standard InChI is InChI=1S/C24H31N3O2/c1-17(2)27-14-12-24(13-15-27)25-21(18-8-10-19(29-3)11-9-18)16-22(26-24)20-6-4-5-7-23(20)28/h4-11,17,22,26,28H,12-16H2,1-3H3/t22-/m1/s1. The van der Waals surface area contributed by atoms with Gasteiger partial charge >= 0.3 is 0 Å². The van der Waals surface area contributed by atoms with Gasteiger partial charge in [0.25, 0.3) is 0 Å². The second-order valence-corrected chi connectivity index (χ2v) is 8.41. The number of nitrogens with one attached hydrogen (secondary N) is 1. The van der Waals surface area contributed by atoms with E-state index in [2.05, 4.69) is 36.2 Å². The molecule has 0 amide bonds. The van der Waals surface area contributed by atoms with Crippen LogP contribution in [0, 0.1) is 0 Å². The number of hydrogen-bond donors (Lipinski definition) is 2. The fraction of sp³-hybridized carbons (Fsp3) is 0.458. The maximum absolute atomic E-state index is 10.5. The third-order valence-corrected chi connectivity index (χ3v) is 6.28. The average molecular weight is 394 g/mol. The van der Waals surface area contributed by atoms with E-state index in [0.29, 0.717) is 11.8 Å². The number of methoxy groups -OCH3 is 1. The molecule has 2 aromatic carbocycles. The van der Waals surface area contributed by atoms with E-state index < -0.39 is 0 Å². The number of phenols is 1. The maximum Gasteiger partial charge on any atom is 0.120 e. The summed E-state index contributed by atoms with van der Waals surface area (Å²) < 4.78 is 5.32. The van der Waals surface area contributed by atoms with Gasteiger partial charge < -0.3 is 14.7 Å². The van der Waals surface area contributed by atoms with Crippen LogP contribution in [0.25, 0.3) is 0 Å². The predicted molar refractivity (Wildman–Crippen MR) is 117 cm³/mol. The summed E-state index contributed by atoms with van der Waals surface area (Å²) in [6.07, 6.45) is 2.68. The van der Waals surface area contributed by atoms with Crippen molar-refractivity contribution >= 4 is 5.71 Å². The maximum atomic E-state index is 10.5. The molecule has 2 aromatic rings. The molecule has 1 saturated heterocycles. The molecule has 0 radical (unpaired) electrons. The minimum atomic E-state index is -0.286. The van der Waals surface area contributed by atoms with Crippen LogP contribution in [0.3, 0.4) is 0 Å². The Balaban J connectivity index is 1.68. The largest absolute Gasteiger partial charge is 0.508 e. The van der Waals surface area contributed by atoms with Gasteiger partial charge in [0, 0.05) is 42.9 Å². The Morgan fingerprint density at radius 3 is 2.41 bits per heavy atom. The zero-order chi connectivity index (χ0) is 20.4. The molecule has 2 aliphatic heterocycles. The summed E-state index contributed by atoms with van der Waals surface area (Å²) in [5.74, 6) is 1.19. The number of nitrogens with zero attached hydrogens (tertiary/aromatic N) is 2. The first-order valence-electron chi connectivity index (χ1n) is 10.5. The summed E-state index contributed by atoms with van der Waals surface area (Å²) in [4.78, 5) is 7.77. The van der Waals surface area contributed by atoms with Crippen LogP contribution in [0.15, 0.2) is 53.5 Å². The molecule has 5 heteroatoms.